The zero-order chi connectivity index (χ0) is 20.3. The van der Waals surface area contributed by atoms with Crippen molar-refractivity contribution in [1.82, 2.24) is 20.1 Å². The molecule has 2 aliphatic rings. The van der Waals surface area contributed by atoms with Crippen LogP contribution in [0.3, 0.4) is 0 Å². The Hall–Kier alpha value is -3.02. The molecule has 5 rings (SSSR count). The molecular weight excluding hydrogens is 376 g/mol. The summed E-state index contributed by atoms with van der Waals surface area (Å²) in [7, 11) is 0. The first-order valence-corrected chi connectivity index (χ1v) is 10.9. The molecule has 6 heteroatoms. The third-order valence-electron chi connectivity index (χ3n) is 6.22. The minimum Gasteiger partial charge on any atom is -0.419 e. The number of fused-ring (bicyclic) bond motifs is 1. The summed E-state index contributed by atoms with van der Waals surface area (Å²) in [5.74, 6) is 1.29. The van der Waals surface area contributed by atoms with Gasteiger partial charge in [-0.05, 0) is 67.3 Å². The molecule has 154 valence electrons. The topological polar surface area (TPSA) is 72.1 Å². The van der Waals surface area contributed by atoms with Crippen LogP contribution in [-0.4, -0.2) is 39.1 Å². The van der Waals surface area contributed by atoms with E-state index < -0.39 is 0 Å². The zero-order valence-electron chi connectivity index (χ0n) is 17.1. The van der Waals surface area contributed by atoms with Crippen molar-refractivity contribution in [1.29, 1.82) is 0 Å². The van der Waals surface area contributed by atoms with Crippen LogP contribution in [0.2, 0.25) is 0 Å². The van der Waals surface area contributed by atoms with E-state index in [1.54, 1.807) is 6.20 Å². The van der Waals surface area contributed by atoms with E-state index in [4.69, 9.17) is 4.42 Å². The summed E-state index contributed by atoms with van der Waals surface area (Å²) in [5.41, 5.74) is 4.68. The highest BCUT2D eigenvalue weighted by molar-refractivity contribution is 5.79. The van der Waals surface area contributed by atoms with Gasteiger partial charge in [0.15, 0.2) is 0 Å². The zero-order valence-corrected chi connectivity index (χ0v) is 17.1. The van der Waals surface area contributed by atoms with E-state index in [9.17, 15) is 4.79 Å². The number of pyridine rings is 1. The normalized spacial score (nSPS) is 18.8. The molecule has 1 fully saturated rings. The van der Waals surface area contributed by atoms with E-state index in [2.05, 4.69) is 33.4 Å². The van der Waals surface area contributed by atoms with Gasteiger partial charge < -0.3 is 9.32 Å². The first kappa shape index (κ1) is 19.0. The van der Waals surface area contributed by atoms with Gasteiger partial charge in [0.2, 0.25) is 11.8 Å². The van der Waals surface area contributed by atoms with Crippen molar-refractivity contribution in [3.05, 3.63) is 65.2 Å². The monoisotopic (exact) mass is 402 g/mol. The molecule has 3 aromatic rings. The second kappa shape index (κ2) is 8.38. The van der Waals surface area contributed by atoms with E-state index in [-0.39, 0.29) is 11.8 Å². The van der Waals surface area contributed by atoms with Crippen LogP contribution in [0, 0.1) is 0 Å². The predicted octanol–water partition coefficient (Wildman–Crippen LogP) is 3.96. The molecule has 1 aromatic carbocycles. The molecule has 0 bridgehead atoms. The summed E-state index contributed by atoms with van der Waals surface area (Å²) in [6.45, 7) is 1.43. The number of piperidine rings is 1. The summed E-state index contributed by atoms with van der Waals surface area (Å²) in [6.07, 6.45) is 8.90. The second-order valence-electron chi connectivity index (χ2n) is 8.33. The van der Waals surface area contributed by atoms with Crippen molar-refractivity contribution >= 4 is 5.91 Å². The Balaban J connectivity index is 1.25. The van der Waals surface area contributed by atoms with Crippen molar-refractivity contribution < 1.29 is 9.21 Å². The van der Waals surface area contributed by atoms with E-state index >= 15 is 0 Å². The van der Waals surface area contributed by atoms with Crippen LogP contribution in [0.4, 0.5) is 0 Å². The average Bonchev–Trinajstić information content (AvgIpc) is 3.30. The van der Waals surface area contributed by atoms with Gasteiger partial charge in [0.25, 0.3) is 5.89 Å². The Bertz CT molecular complexity index is 1030. The van der Waals surface area contributed by atoms with Gasteiger partial charge in [0.05, 0.1) is 12.3 Å². The number of amides is 1. The van der Waals surface area contributed by atoms with Crippen molar-refractivity contribution in [2.45, 2.75) is 50.9 Å². The maximum absolute atomic E-state index is 13.0. The quantitative estimate of drug-likeness (QED) is 0.661. The molecule has 2 aromatic heterocycles. The van der Waals surface area contributed by atoms with Crippen molar-refractivity contribution in [3.8, 4) is 11.6 Å². The lowest BCUT2D eigenvalue weighted by atomic mass is 9.90. The van der Waals surface area contributed by atoms with Crippen molar-refractivity contribution in [2.24, 2.45) is 0 Å². The van der Waals surface area contributed by atoms with Gasteiger partial charge in [0, 0.05) is 19.3 Å². The van der Waals surface area contributed by atoms with E-state index in [0.29, 0.717) is 30.4 Å². The number of aromatic nitrogens is 3. The highest BCUT2D eigenvalue weighted by atomic mass is 16.4. The van der Waals surface area contributed by atoms with E-state index in [1.807, 2.05) is 23.1 Å². The Morgan fingerprint density at radius 1 is 1.07 bits per heavy atom. The summed E-state index contributed by atoms with van der Waals surface area (Å²) in [5, 5.41) is 8.41. The molecule has 0 saturated carbocycles. The number of carbonyl (C=O) groups excluding carboxylic acids is 1. The van der Waals surface area contributed by atoms with Gasteiger partial charge in [0.1, 0.15) is 5.69 Å². The van der Waals surface area contributed by atoms with Gasteiger partial charge in [-0.15, -0.1) is 10.2 Å². The van der Waals surface area contributed by atoms with Crippen LogP contribution in [0.1, 0.15) is 54.2 Å². The van der Waals surface area contributed by atoms with Crippen LogP contribution < -0.4 is 0 Å². The molecule has 0 unspecified atom stereocenters. The van der Waals surface area contributed by atoms with Crippen LogP contribution in [0.15, 0.2) is 47.0 Å². The number of hydrogen-bond acceptors (Lipinski definition) is 5. The largest absolute Gasteiger partial charge is 0.419 e. The van der Waals surface area contributed by atoms with E-state index in [0.717, 1.165) is 31.4 Å². The predicted molar refractivity (Wildman–Crippen MR) is 113 cm³/mol. The van der Waals surface area contributed by atoms with Crippen molar-refractivity contribution in [2.75, 3.05) is 13.1 Å². The lowest BCUT2D eigenvalue weighted by Gasteiger charge is -2.31. The molecule has 6 nitrogen and oxygen atoms in total. The Labute approximate surface area is 176 Å². The third-order valence-corrected chi connectivity index (χ3v) is 6.22. The first-order chi connectivity index (χ1) is 14.8. The van der Waals surface area contributed by atoms with Gasteiger partial charge in [-0.25, -0.2) is 0 Å². The summed E-state index contributed by atoms with van der Waals surface area (Å²) < 4.78 is 5.90. The van der Waals surface area contributed by atoms with Gasteiger partial charge >= 0.3 is 0 Å². The van der Waals surface area contributed by atoms with Gasteiger partial charge in [-0.3, -0.25) is 9.78 Å². The summed E-state index contributed by atoms with van der Waals surface area (Å²) in [6, 6.07) is 12.2. The molecule has 1 amide bonds. The maximum Gasteiger partial charge on any atom is 0.266 e. The molecule has 0 spiro atoms. The molecule has 30 heavy (non-hydrogen) atoms. The lowest BCUT2D eigenvalue weighted by Crippen LogP contribution is -2.40. The second-order valence-corrected chi connectivity index (χ2v) is 8.33. The number of aryl methyl sites for hydroxylation is 2. The average molecular weight is 402 g/mol. The molecule has 1 aliphatic heterocycles. The SMILES string of the molecule is O=C(Cc1ccc2c(c1)CCCC2)N1CCC[C@@H](c2nnc(-c3ccccn3)o2)C1. The highest BCUT2D eigenvalue weighted by Gasteiger charge is 2.28. The van der Waals surface area contributed by atoms with Crippen molar-refractivity contribution in [3.63, 3.8) is 0 Å². The number of carbonyl (C=O) groups is 1. The summed E-state index contributed by atoms with van der Waals surface area (Å²) >= 11 is 0. The summed E-state index contributed by atoms with van der Waals surface area (Å²) in [4.78, 5) is 19.2. The molecule has 1 saturated heterocycles. The Morgan fingerprint density at radius 2 is 1.97 bits per heavy atom. The first-order valence-electron chi connectivity index (χ1n) is 10.9. The number of benzene rings is 1. The molecule has 1 aliphatic carbocycles. The molecule has 0 radical (unpaired) electrons. The van der Waals surface area contributed by atoms with Crippen LogP contribution in [-0.2, 0) is 24.1 Å². The molecule has 3 heterocycles. The Morgan fingerprint density at radius 3 is 2.83 bits per heavy atom. The fourth-order valence-corrected chi connectivity index (χ4v) is 4.58. The number of nitrogens with zero attached hydrogens (tertiary/aromatic N) is 4. The Kier molecular flexibility index (Phi) is 5.30. The fourth-order valence-electron chi connectivity index (χ4n) is 4.58. The standard InChI is InChI=1S/C24H26N4O2/c29-22(15-17-10-11-18-6-1-2-7-19(18)14-17)28-13-5-8-20(16-28)23-26-27-24(30-23)21-9-3-4-12-25-21/h3-4,9-12,14,20H,1-2,5-8,13,15-16H2/t20-/m1/s1. The molecular formula is C24H26N4O2. The van der Waals surface area contributed by atoms with Crippen LogP contribution in [0.25, 0.3) is 11.6 Å². The minimum absolute atomic E-state index is 0.0798. The molecule has 1 atom stereocenters. The van der Waals surface area contributed by atoms with Crippen LogP contribution >= 0.6 is 0 Å². The smallest absolute Gasteiger partial charge is 0.266 e. The fraction of sp³-hybridized carbons (Fsp3) is 0.417. The number of hydrogen-bond donors (Lipinski definition) is 0. The van der Waals surface area contributed by atoms with E-state index in [1.165, 1.54) is 30.4 Å². The maximum atomic E-state index is 13.0. The number of likely N-dealkylation sites (tertiary alicyclic amines) is 1. The number of rotatable bonds is 4. The molecule has 0 N–H and O–H groups in total. The van der Waals surface area contributed by atoms with Crippen LogP contribution in [0.5, 0.6) is 0 Å². The highest BCUT2D eigenvalue weighted by Crippen LogP contribution is 2.29. The third kappa shape index (κ3) is 3.99. The van der Waals surface area contributed by atoms with Gasteiger partial charge in [-0.2, -0.15) is 0 Å². The van der Waals surface area contributed by atoms with Gasteiger partial charge in [-0.1, -0.05) is 24.3 Å². The minimum atomic E-state index is 0.0798. The lowest BCUT2D eigenvalue weighted by molar-refractivity contribution is -0.131.